The van der Waals surface area contributed by atoms with Gasteiger partial charge in [-0.25, -0.2) is 0 Å². The monoisotopic (exact) mass is 165 g/mol. The normalized spacial score (nSPS) is 55.8. The molecule has 2 heteroatoms. The van der Waals surface area contributed by atoms with Gasteiger partial charge in [0.15, 0.2) is 0 Å². The Morgan fingerprint density at radius 3 is 3.08 bits per heavy atom. The molecule has 2 bridgehead atoms. The Labute approximate surface area is 72.7 Å². The zero-order valence-electron chi connectivity index (χ0n) is 7.47. The molecule has 3 aliphatic rings. The number of rotatable bonds is 0. The minimum absolute atomic E-state index is 0.0307. The first-order valence-electron chi connectivity index (χ1n) is 5.01. The molecular weight excluding hydrogens is 150 g/mol. The van der Waals surface area contributed by atoms with Gasteiger partial charge in [-0.3, -0.25) is 4.79 Å². The average Bonchev–Trinajstić information content (AvgIpc) is 2.65. The quantitative estimate of drug-likeness (QED) is 0.573. The number of carbonyl (C=O) groups is 1. The Bertz CT molecular complexity index is 250. The SMILES string of the molecule is C[C@]12C(=O)NC[C@H]1[C@H]1CC[C@H]2C1. The number of hydrogen-bond acceptors (Lipinski definition) is 1. The van der Waals surface area contributed by atoms with Gasteiger partial charge in [0.2, 0.25) is 5.91 Å². The molecule has 1 heterocycles. The molecule has 3 fully saturated rings. The van der Waals surface area contributed by atoms with E-state index in [1.165, 1.54) is 19.3 Å². The van der Waals surface area contributed by atoms with Crippen molar-refractivity contribution in [2.45, 2.75) is 26.2 Å². The lowest BCUT2D eigenvalue weighted by Crippen LogP contribution is -2.36. The van der Waals surface area contributed by atoms with Crippen LogP contribution < -0.4 is 5.32 Å². The van der Waals surface area contributed by atoms with E-state index in [4.69, 9.17) is 0 Å². The molecule has 0 radical (unpaired) electrons. The van der Waals surface area contributed by atoms with Crippen LogP contribution in [0.2, 0.25) is 0 Å². The van der Waals surface area contributed by atoms with E-state index >= 15 is 0 Å². The largest absolute Gasteiger partial charge is 0.355 e. The van der Waals surface area contributed by atoms with Gasteiger partial charge < -0.3 is 5.32 Å². The summed E-state index contributed by atoms with van der Waals surface area (Å²) in [5.41, 5.74) is 0.0307. The van der Waals surface area contributed by atoms with Crippen LogP contribution in [-0.4, -0.2) is 12.5 Å². The lowest BCUT2D eigenvalue weighted by atomic mass is 9.69. The summed E-state index contributed by atoms with van der Waals surface area (Å²) in [4.78, 5) is 11.7. The van der Waals surface area contributed by atoms with Gasteiger partial charge in [-0.05, 0) is 37.0 Å². The van der Waals surface area contributed by atoms with Crippen molar-refractivity contribution in [1.82, 2.24) is 5.32 Å². The molecule has 12 heavy (non-hydrogen) atoms. The molecular formula is C10H15NO. The Balaban J connectivity index is 2.06. The zero-order valence-corrected chi connectivity index (χ0v) is 7.47. The van der Waals surface area contributed by atoms with Crippen LogP contribution in [0, 0.1) is 23.2 Å². The van der Waals surface area contributed by atoms with Crippen LogP contribution in [-0.2, 0) is 4.79 Å². The summed E-state index contributed by atoms with van der Waals surface area (Å²) in [6.45, 7) is 3.14. The van der Waals surface area contributed by atoms with E-state index in [-0.39, 0.29) is 5.41 Å². The molecule has 2 saturated carbocycles. The maximum atomic E-state index is 11.7. The first-order valence-corrected chi connectivity index (χ1v) is 5.01. The van der Waals surface area contributed by atoms with Gasteiger partial charge in [0, 0.05) is 6.54 Å². The molecule has 1 N–H and O–H groups in total. The van der Waals surface area contributed by atoms with Crippen molar-refractivity contribution in [3.63, 3.8) is 0 Å². The fourth-order valence-corrected chi connectivity index (χ4v) is 3.84. The standard InChI is InChI=1S/C10H15NO/c1-10-7-3-2-6(4-7)8(10)5-11-9(10)12/h6-8H,2-5H2,1H3,(H,11,12)/t6-,7-,8-,10+/m0/s1. The molecule has 4 atom stereocenters. The van der Waals surface area contributed by atoms with E-state index < -0.39 is 0 Å². The molecule has 1 aliphatic heterocycles. The molecule has 2 aliphatic carbocycles. The van der Waals surface area contributed by atoms with Crippen LogP contribution in [0.5, 0.6) is 0 Å². The molecule has 0 aromatic heterocycles. The highest BCUT2D eigenvalue weighted by atomic mass is 16.2. The first kappa shape index (κ1) is 6.93. The minimum Gasteiger partial charge on any atom is -0.355 e. The van der Waals surface area contributed by atoms with Gasteiger partial charge in [0.25, 0.3) is 0 Å². The molecule has 1 saturated heterocycles. The van der Waals surface area contributed by atoms with Crippen molar-refractivity contribution in [3.05, 3.63) is 0 Å². The van der Waals surface area contributed by atoms with E-state index in [1.54, 1.807) is 0 Å². The predicted octanol–water partition coefficient (Wildman–Crippen LogP) is 1.17. The molecule has 0 aromatic rings. The third kappa shape index (κ3) is 0.540. The van der Waals surface area contributed by atoms with Crippen LogP contribution in [0.1, 0.15) is 26.2 Å². The molecule has 3 rings (SSSR count). The van der Waals surface area contributed by atoms with Crippen LogP contribution in [0.15, 0.2) is 0 Å². The zero-order chi connectivity index (χ0) is 8.34. The van der Waals surface area contributed by atoms with Crippen LogP contribution in [0.4, 0.5) is 0 Å². The third-order valence-corrected chi connectivity index (χ3v) is 4.63. The fourth-order valence-electron chi connectivity index (χ4n) is 3.84. The maximum Gasteiger partial charge on any atom is 0.226 e. The average molecular weight is 165 g/mol. The molecule has 0 aromatic carbocycles. The maximum absolute atomic E-state index is 11.7. The summed E-state index contributed by atoms with van der Waals surface area (Å²) in [5.74, 6) is 2.57. The summed E-state index contributed by atoms with van der Waals surface area (Å²) in [6.07, 6.45) is 4.00. The summed E-state index contributed by atoms with van der Waals surface area (Å²) < 4.78 is 0. The second kappa shape index (κ2) is 1.86. The lowest BCUT2D eigenvalue weighted by molar-refractivity contribution is -0.130. The first-order chi connectivity index (χ1) is 5.73. The summed E-state index contributed by atoms with van der Waals surface area (Å²) in [6, 6.07) is 0. The van der Waals surface area contributed by atoms with Crippen molar-refractivity contribution in [1.29, 1.82) is 0 Å². The smallest absolute Gasteiger partial charge is 0.226 e. The number of carbonyl (C=O) groups excluding carboxylic acids is 1. The summed E-state index contributed by atoms with van der Waals surface area (Å²) in [5, 5.41) is 3.02. The van der Waals surface area contributed by atoms with Crippen LogP contribution in [0.25, 0.3) is 0 Å². The predicted molar refractivity (Wildman–Crippen MR) is 45.4 cm³/mol. The van der Waals surface area contributed by atoms with Gasteiger partial charge >= 0.3 is 0 Å². The summed E-state index contributed by atoms with van der Waals surface area (Å²) >= 11 is 0. The van der Waals surface area contributed by atoms with E-state index in [2.05, 4.69) is 12.2 Å². The van der Waals surface area contributed by atoms with Crippen molar-refractivity contribution >= 4 is 5.91 Å². The van der Waals surface area contributed by atoms with E-state index in [1.807, 2.05) is 0 Å². The minimum atomic E-state index is 0.0307. The molecule has 66 valence electrons. The number of hydrogen-bond donors (Lipinski definition) is 1. The van der Waals surface area contributed by atoms with E-state index in [0.717, 1.165) is 12.5 Å². The van der Waals surface area contributed by atoms with Gasteiger partial charge in [0.1, 0.15) is 0 Å². The fraction of sp³-hybridized carbons (Fsp3) is 0.900. The van der Waals surface area contributed by atoms with Crippen molar-refractivity contribution in [2.75, 3.05) is 6.54 Å². The highest BCUT2D eigenvalue weighted by molar-refractivity contribution is 5.86. The number of fused-ring (bicyclic) bond motifs is 5. The third-order valence-electron chi connectivity index (χ3n) is 4.63. The molecule has 1 amide bonds. The van der Waals surface area contributed by atoms with Gasteiger partial charge in [-0.2, -0.15) is 0 Å². The molecule has 2 nitrogen and oxygen atoms in total. The Morgan fingerprint density at radius 1 is 1.50 bits per heavy atom. The highest BCUT2D eigenvalue weighted by Gasteiger charge is 2.61. The summed E-state index contributed by atoms with van der Waals surface area (Å²) in [7, 11) is 0. The van der Waals surface area contributed by atoms with Crippen molar-refractivity contribution < 1.29 is 4.79 Å². The van der Waals surface area contributed by atoms with Gasteiger partial charge in [-0.15, -0.1) is 0 Å². The van der Waals surface area contributed by atoms with E-state index in [9.17, 15) is 4.79 Å². The van der Waals surface area contributed by atoms with Crippen LogP contribution in [0.3, 0.4) is 0 Å². The lowest BCUT2D eigenvalue weighted by Gasteiger charge is -2.32. The molecule has 0 unspecified atom stereocenters. The van der Waals surface area contributed by atoms with E-state index in [0.29, 0.717) is 17.7 Å². The second-order valence-electron chi connectivity index (χ2n) is 4.87. The number of nitrogens with one attached hydrogen (secondary N) is 1. The van der Waals surface area contributed by atoms with Crippen molar-refractivity contribution in [2.24, 2.45) is 23.2 Å². The topological polar surface area (TPSA) is 29.1 Å². The second-order valence-corrected chi connectivity index (χ2v) is 4.87. The highest BCUT2D eigenvalue weighted by Crippen LogP contribution is 2.61. The molecule has 0 spiro atoms. The van der Waals surface area contributed by atoms with Crippen molar-refractivity contribution in [3.8, 4) is 0 Å². The Hall–Kier alpha value is -0.530. The van der Waals surface area contributed by atoms with Gasteiger partial charge in [0.05, 0.1) is 5.41 Å². The van der Waals surface area contributed by atoms with Crippen LogP contribution >= 0.6 is 0 Å². The van der Waals surface area contributed by atoms with Gasteiger partial charge in [-0.1, -0.05) is 6.92 Å². The Morgan fingerprint density at radius 2 is 2.33 bits per heavy atom. The number of amides is 1. The Kier molecular flexibility index (Phi) is 1.07.